The molecule has 0 bridgehead atoms. The number of halogens is 1. The van der Waals surface area contributed by atoms with Crippen molar-refractivity contribution in [2.45, 2.75) is 20.5 Å². The Labute approximate surface area is 119 Å². The van der Waals surface area contributed by atoms with E-state index in [9.17, 15) is 0 Å². The highest BCUT2D eigenvalue weighted by molar-refractivity contribution is 9.10. The molecule has 100 valence electrons. The lowest BCUT2D eigenvalue weighted by Gasteiger charge is -2.01. The predicted molar refractivity (Wildman–Crippen MR) is 81.3 cm³/mol. The van der Waals surface area contributed by atoms with E-state index >= 15 is 0 Å². The largest absolute Gasteiger partial charge is 0.373 e. The fourth-order valence-corrected chi connectivity index (χ4v) is 1.40. The van der Waals surface area contributed by atoms with Crippen molar-refractivity contribution in [3.05, 3.63) is 58.7 Å². The van der Waals surface area contributed by atoms with Crippen molar-refractivity contribution in [2.75, 3.05) is 13.7 Å². The lowest BCUT2D eigenvalue weighted by Crippen LogP contribution is -2.72. The molecule has 0 aliphatic heterocycles. The highest BCUT2D eigenvalue weighted by Crippen LogP contribution is 2.10. The molecule has 0 radical (unpaired) electrons. The standard InChI is InChI=1S/C13H16BrNO.C2H6/c1-15-9-3-2-4-10-16-11-12-5-7-13(14)8-6-12;1-2/h2-9,15H,10-11H2,1H3;1-2H3/p+1/b4-2-,9-3-;. The van der Waals surface area contributed by atoms with Crippen LogP contribution in [0.25, 0.3) is 0 Å². The van der Waals surface area contributed by atoms with Crippen molar-refractivity contribution < 1.29 is 10.1 Å². The maximum Gasteiger partial charge on any atom is 0.0923 e. The van der Waals surface area contributed by atoms with Crippen LogP contribution in [-0.4, -0.2) is 13.7 Å². The third-order valence-corrected chi connectivity index (χ3v) is 2.48. The first kappa shape index (κ1) is 17.1. The Morgan fingerprint density at radius 3 is 2.44 bits per heavy atom. The highest BCUT2D eigenvalue weighted by Gasteiger charge is 1.91. The normalized spacial score (nSPS) is 10.7. The smallest absolute Gasteiger partial charge is 0.0923 e. The first-order chi connectivity index (χ1) is 8.83. The first-order valence-corrected chi connectivity index (χ1v) is 7.05. The summed E-state index contributed by atoms with van der Waals surface area (Å²) >= 11 is 3.40. The topological polar surface area (TPSA) is 25.8 Å². The number of rotatable bonds is 6. The van der Waals surface area contributed by atoms with Crippen molar-refractivity contribution in [3.63, 3.8) is 0 Å². The summed E-state index contributed by atoms with van der Waals surface area (Å²) in [6.45, 7) is 5.30. The van der Waals surface area contributed by atoms with Gasteiger partial charge in [0.1, 0.15) is 0 Å². The highest BCUT2D eigenvalue weighted by atomic mass is 79.9. The zero-order valence-corrected chi connectivity index (χ0v) is 13.0. The van der Waals surface area contributed by atoms with Crippen LogP contribution in [0.4, 0.5) is 0 Å². The molecule has 2 N–H and O–H groups in total. The average molecular weight is 313 g/mol. The van der Waals surface area contributed by atoms with Gasteiger partial charge in [0.2, 0.25) is 0 Å². The number of nitrogens with two attached hydrogens (primary N) is 1. The van der Waals surface area contributed by atoms with Crippen molar-refractivity contribution in [1.29, 1.82) is 0 Å². The van der Waals surface area contributed by atoms with Gasteiger partial charge in [-0.05, 0) is 23.8 Å². The molecule has 3 heteroatoms. The van der Waals surface area contributed by atoms with Crippen molar-refractivity contribution in [1.82, 2.24) is 0 Å². The molecule has 0 aliphatic rings. The summed E-state index contributed by atoms with van der Waals surface area (Å²) in [4.78, 5) is 0. The van der Waals surface area contributed by atoms with Crippen LogP contribution in [0.2, 0.25) is 0 Å². The molecule has 0 aromatic heterocycles. The Hall–Kier alpha value is -0.900. The van der Waals surface area contributed by atoms with Crippen LogP contribution < -0.4 is 5.32 Å². The van der Waals surface area contributed by atoms with E-state index in [1.54, 1.807) is 0 Å². The summed E-state index contributed by atoms with van der Waals surface area (Å²) in [5, 5.41) is 1.99. The van der Waals surface area contributed by atoms with Crippen LogP contribution in [-0.2, 0) is 11.3 Å². The fourth-order valence-electron chi connectivity index (χ4n) is 1.13. The number of quaternary nitrogens is 1. The molecule has 2 nitrogen and oxygen atoms in total. The van der Waals surface area contributed by atoms with Crippen LogP contribution in [0, 0.1) is 0 Å². The van der Waals surface area contributed by atoms with Crippen LogP contribution in [0.5, 0.6) is 0 Å². The van der Waals surface area contributed by atoms with Gasteiger partial charge < -0.3 is 10.1 Å². The Morgan fingerprint density at radius 2 is 1.83 bits per heavy atom. The van der Waals surface area contributed by atoms with E-state index in [4.69, 9.17) is 4.74 Å². The number of benzene rings is 1. The molecule has 1 rings (SSSR count). The summed E-state index contributed by atoms with van der Waals surface area (Å²) in [6.07, 6.45) is 7.97. The van der Waals surface area contributed by atoms with Crippen LogP contribution in [0.1, 0.15) is 19.4 Å². The van der Waals surface area contributed by atoms with E-state index in [2.05, 4.69) is 28.1 Å². The molecule has 1 aromatic carbocycles. The van der Waals surface area contributed by atoms with Gasteiger partial charge in [0.25, 0.3) is 0 Å². The maximum atomic E-state index is 5.49. The minimum Gasteiger partial charge on any atom is -0.373 e. The molecule has 0 saturated carbocycles. The van der Waals surface area contributed by atoms with E-state index in [1.807, 2.05) is 62.8 Å². The Balaban J connectivity index is 0.00000137. The third kappa shape index (κ3) is 9.16. The van der Waals surface area contributed by atoms with Crippen LogP contribution in [0.15, 0.2) is 53.2 Å². The molecule has 0 heterocycles. The summed E-state index contributed by atoms with van der Waals surface area (Å²) < 4.78 is 6.59. The minimum atomic E-state index is 0.643. The van der Waals surface area contributed by atoms with Gasteiger partial charge in [-0.15, -0.1) is 0 Å². The lowest BCUT2D eigenvalue weighted by molar-refractivity contribution is -0.556. The summed E-state index contributed by atoms with van der Waals surface area (Å²) in [5.41, 5.74) is 1.19. The second-order valence-electron chi connectivity index (χ2n) is 3.29. The van der Waals surface area contributed by atoms with Crippen molar-refractivity contribution >= 4 is 15.9 Å². The predicted octanol–water partition coefficient (Wildman–Crippen LogP) is 3.26. The van der Waals surface area contributed by atoms with Gasteiger partial charge in [-0.3, -0.25) is 0 Å². The summed E-state index contributed by atoms with van der Waals surface area (Å²) in [6, 6.07) is 8.15. The second kappa shape index (κ2) is 12.6. The third-order valence-electron chi connectivity index (χ3n) is 1.95. The molecule has 0 unspecified atom stereocenters. The van der Waals surface area contributed by atoms with Gasteiger partial charge >= 0.3 is 0 Å². The molecular formula is C15H23BrNO+. The van der Waals surface area contributed by atoms with Gasteiger partial charge in [-0.2, -0.15) is 0 Å². The number of hydrogen-bond acceptors (Lipinski definition) is 1. The summed E-state index contributed by atoms with van der Waals surface area (Å²) in [7, 11) is 1.99. The zero-order valence-electron chi connectivity index (χ0n) is 11.4. The quantitative estimate of drug-likeness (QED) is 0.633. The van der Waals surface area contributed by atoms with Crippen molar-refractivity contribution in [3.8, 4) is 0 Å². The molecular weight excluding hydrogens is 290 g/mol. The number of ether oxygens (including phenoxy) is 1. The Kier molecular flexibility index (Phi) is 11.9. The van der Waals surface area contributed by atoms with Crippen molar-refractivity contribution in [2.24, 2.45) is 0 Å². The first-order valence-electron chi connectivity index (χ1n) is 6.26. The minimum absolute atomic E-state index is 0.643. The molecule has 0 saturated heterocycles. The Morgan fingerprint density at radius 1 is 1.17 bits per heavy atom. The molecule has 0 spiro atoms. The van der Waals surface area contributed by atoms with Gasteiger partial charge in [0.15, 0.2) is 0 Å². The molecule has 0 fully saturated rings. The number of allylic oxidation sites excluding steroid dienone is 2. The molecule has 0 amide bonds. The zero-order chi connectivity index (χ0) is 13.6. The molecule has 18 heavy (non-hydrogen) atoms. The average Bonchev–Trinajstić information content (AvgIpc) is 2.42. The fraction of sp³-hybridized carbons (Fsp3) is 0.333. The second-order valence-corrected chi connectivity index (χ2v) is 4.20. The van der Waals surface area contributed by atoms with E-state index < -0.39 is 0 Å². The van der Waals surface area contributed by atoms with Gasteiger partial charge in [0.05, 0.1) is 26.5 Å². The van der Waals surface area contributed by atoms with E-state index in [-0.39, 0.29) is 0 Å². The van der Waals surface area contributed by atoms with Crippen LogP contribution in [0.3, 0.4) is 0 Å². The van der Waals surface area contributed by atoms with Crippen LogP contribution >= 0.6 is 15.9 Å². The van der Waals surface area contributed by atoms with E-state index in [0.29, 0.717) is 13.2 Å². The van der Waals surface area contributed by atoms with E-state index in [1.165, 1.54) is 5.56 Å². The van der Waals surface area contributed by atoms with Gasteiger partial charge in [-0.1, -0.05) is 54.1 Å². The van der Waals surface area contributed by atoms with E-state index in [0.717, 1.165) is 4.47 Å². The SMILES string of the molecule is CC.C[NH2+]/C=C\C=C/COCc1ccc(Br)cc1. The lowest BCUT2D eigenvalue weighted by atomic mass is 10.2. The molecule has 0 atom stereocenters. The Bertz CT molecular complexity index is 344. The summed E-state index contributed by atoms with van der Waals surface area (Å²) in [5.74, 6) is 0. The number of hydrogen-bond donors (Lipinski definition) is 1. The monoisotopic (exact) mass is 312 g/mol. The van der Waals surface area contributed by atoms with Gasteiger partial charge in [0, 0.05) is 4.47 Å². The van der Waals surface area contributed by atoms with Gasteiger partial charge in [-0.25, -0.2) is 0 Å². The molecule has 0 aliphatic carbocycles. The maximum absolute atomic E-state index is 5.49. The molecule has 1 aromatic rings.